The number of aliphatic hydroxyl groups excluding tert-OH is 1. The molecule has 0 spiro atoms. The number of aliphatic hydroxyl groups is 1. The summed E-state index contributed by atoms with van der Waals surface area (Å²) in [6, 6.07) is 8.15. The standard InChI is InChI=1S/C16H24ClNO/c1-13(19)4-5-14-3-2-10-18(11-14)12-15-6-8-16(17)9-7-15/h6-9,13-14,19H,2-5,10-12H2,1H3. The Morgan fingerprint density at radius 3 is 2.79 bits per heavy atom. The third-order valence-corrected chi connectivity index (χ3v) is 4.17. The van der Waals surface area contributed by atoms with Gasteiger partial charge in [-0.25, -0.2) is 0 Å². The van der Waals surface area contributed by atoms with E-state index >= 15 is 0 Å². The van der Waals surface area contributed by atoms with Gasteiger partial charge in [-0.05, 0) is 62.8 Å². The maximum absolute atomic E-state index is 9.38. The van der Waals surface area contributed by atoms with Gasteiger partial charge in [-0.1, -0.05) is 23.7 Å². The normalized spacial score (nSPS) is 22.4. The zero-order chi connectivity index (χ0) is 13.7. The van der Waals surface area contributed by atoms with Crippen LogP contribution in [0.4, 0.5) is 0 Å². The summed E-state index contributed by atoms with van der Waals surface area (Å²) < 4.78 is 0. The Labute approximate surface area is 121 Å². The highest BCUT2D eigenvalue weighted by molar-refractivity contribution is 6.30. The van der Waals surface area contributed by atoms with Crippen LogP contribution in [0.3, 0.4) is 0 Å². The Morgan fingerprint density at radius 1 is 1.37 bits per heavy atom. The van der Waals surface area contributed by atoms with Crippen LogP contribution in [0.25, 0.3) is 0 Å². The predicted molar refractivity (Wildman–Crippen MR) is 80.4 cm³/mol. The van der Waals surface area contributed by atoms with Gasteiger partial charge in [-0.2, -0.15) is 0 Å². The van der Waals surface area contributed by atoms with Crippen LogP contribution in [0.1, 0.15) is 38.2 Å². The number of hydrogen-bond acceptors (Lipinski definition) is 2. The molecule has 1 aromatic carbocycles. The Kier molecular flexibility index (Phi) is 5.68. The number of nitrogens with zero attached hydrogens (tertiary/aromatic N) is 1. The summed E-state index contributed by atoms with van der Waals surface area (Å²) in [7, 11) is 0. The first kappa shape index (κ1) is 14.8. The molecule has 2 unspecified atom stereocenters. The van der Waals surface area contributed by atoms with Gasteiger partial charge in [-0.3, -0.25) is 4.90 Å². The van der Waals surface area contributed by atoms with Gasteiger partial charge < -0.3 is 5.11 Å². The molecule has 1 aliphatic heterocycles. The number of likely N-dealkylation sites (tertiary alicyclic amines) is 1. The highest BCUT2D eigenvalue weighted by Gasteiger charge is 2.20. The van der Waals surface area contributed by atoms with Gasteiger partial charge in [0.1, 0.15) is 0 Å². The second kappa shape index (κ2) is 7.28. The van der Waals surface area contributed by atoms with Crippen LogP contribution in [0, 0.1) is 5.92 Å². The summed E-state index contributed by atoms with van der Waals surface area (Å²) in [6.45, 7) is 5.25. The molecule has 0 radical (unpaired) electrons. The van der Waals surface area contributed by atoms with Gasteiger partial charge in [0.2, 0.25) is 0 Å². The topological polar surface area (TPSA) is 23.5 Å². The molecule has 1 fully saturated rings. The van der Waals surface area contributed by atoms with Crippen molar-refractivity contribution in [3.63, 3.8) is 0 Å². The highest BCUT2D eigenvalue weighted by Crippen LogP contribution is 2.23. The van der Waals surface area contributed by atoms with Gasteiger partial charge in [0.25, 0.3) is 0 Å². The minimum Gasteiger partial charge on any atom is -0.393 e. The largest absolute Gasteiger partial charge is 0.393 e. The average molecular weight is 282 g/mol. The maximum Gasteiger partial charge on any atom is 0.0512 e. The lowest BCUT2D eigenvalue weighted by atomic mass is 9.92. The van der Waals surface area contributed by atoms with E-state index in [2.05, 4.69) is 17.0 Å². The van der Waals surface area contributed by atoms with E-state index in [9.17, 15) is 5.11 Å². The molecule has 0 amide bonds. The number of hydrogen-bond donors (Lipinski definition) is 1. The monoisotopic (exact) mass is 281 g/mol. The second-order valence-corrected chi connectivity index (χ2v) is 6.23. The highest BCUT2D eigenvalue weighted by atomic mass is 35.5. The molecule has 2 atom stereocenters. The van der Waals surface area contributed by atoms with E-state index in [0.717, 1.165) is 36.9 Å². The van der Waals surface area contributed by atoms with Gasteiger partial charge in [0.15, 0.2) is 0 Å². The zero-order valence-corrected chi connectivity index (χ0v) is 12.4. The van der Waals surface area contributed by atoms with Crippen LogP contribution >= 0.6 is 11.6 Å². The first-order chi connectivity index (χ1) is 9.13. The van der Waals surface area contributed by atoms with E-state index in [4.69, 9.17) is 11.6 Å². The SMILES string of the molecule is CC(O)CCC1CCCN(Cc2ccc(Cl)cc2)C1. The van der Waals surface area contributed by atoms with E-state index in [0.29, 0.717) is 0 Å². The third kappa shape index (κ3) is 5.13. The van der Waals surface area contributed by atoms with Crippen LogP contribution in [0.2, 0.25) is 5.02 Å². The molecule has 3 heteroatoms. The average Bonchev–Trinajstić information content (AvgIpc) is 2.40. The fraction of sp³-hybridized carbons (Fsp3) is 0.625. The second-order valence-electron chi connectivity index (χ2n) is 5.80. The minimum atomic E-state index is -0.161. The first-order valence-corrected chi connectivity index (χ1v) is 7.66. The summed E-state index contributed by atoms with van der Waals surface area (Å²) >= 11 is 5.91. The molecule has 1 aromatic rings. The molecule has 19 heavy (non-hydrogen) atoms. The van der Waals surface area contributed by atoms with E-state index in [1.54, 1.807) is 0 Å². The molecule has 1 saturated heterocycles. The van der Waals surface area contributed by atoms with Crippen LogP contribution in [-0.2, 0) is 6.54 Å². The van der Waals surface area contributed by atoms with Crippen LogP contribution in [0.15, 0.2) is 24.3 Å². The number of halogens is 1. The van der Waals surface area contributed by atoms with Gasteiger partial charge in [-0.15, -0.1) is 0 Å². The van der Waals surface area contributed by atoms with Crippen molar-refractivity contribution in [2.24, 2.45) is 5.92 Å². The van der Waals surface area contributed by atoms with Crippen LogP contribution in [0.5, 0.6) is 0 Å². The summed E-state index contributed by atoms with van der Waals surface area (Å²) in [4.78, 5) is 2.53. The van der Waals surface area contributed by atoms with E-state index in [1.165, 1.54) is 24.9 Å². The van der Waals surface area contributed by atoms with Crippen LogP contribution < -0.4 is 0 Å². The van der Waals surface area contributed by atoms with Crippen molar-refractivity contribution in [3.8, 4) is 0 Å². The fourth-order valence-corrected chi connectivity index (χ4v) is 2.98. The zero-order valence-electron chi connectivity index (χ0n) is 11.7. The van der Waals surface area contributed by atoms with Crippen molar-refractivity contribution in [2.75, 3.05) is 13.1 Å². The van der Waals surface area contributed by atoms with E-state index in [1.807, 2.05) is 19.1 Å². The fourth-order valence-electron chi connectivity index (χ4n) is 2.86. The molecule has 1 heterocycles. The molecule has 2 nitrogen and oxygen atoms in total. The van der Waals surface area contributed by atoms with Gasteiger partial charge >= 0.3 is 0 Å². The Balaban J connectivity index is 1.82. The molecule has 1 aliphatic rings. The Morgan fingerprint density at radius 2 is 2.11 bits per heavy atom. The van der Waals surface area contributed by atoms with Crippen molar-refractivity contribution in [3.05, 3.63) is 34.9 Å². The smallest absolute Gasteiger partial charge is 0.0512 e. The van der Waals surface area contributed by atoms with Crippen molar-refractivity contribution in [2.45, 2.75) is 45.3 Å². The Hall–Kier alpha value is -0.570. The lowest BCUT2D eigenvalue weighted by Gasteiger charge is -2.33. The number of piperidine rings is 1. The molecule has 1 N–H and O–H groups in total. The van der Waals surface area contributed by atoms with Crippen molar-refractivity contribution in [1.29, 1.82) is 0 Å². The van der Waals surface area contributed by atoms with Crippen molar-refractivity contribution >= 4 is 11.6 Å². The van der Waals surface area contributed by atoms with Crippen molar-refractivity contribution < 1.29 is 5.11 Å². The molecule has 0 aromatic heterocycles. The summed E-state index contributed by atoms with van der Waals surface area (Å²) in [5.74, 6) is 0.746. The predicted octanol–water partition coefficient (Wildman–Crippen LogP) is 3.71. The lowest BCUT2D eigenvalue weighted by Crippen LogP contribution is -2.35. The lowest BCUT2D eigenvalue weighted by molar-refractivity contribution is 0.133. The molecular weight excluding hydrogens is 258 g/mol. The Bertz CT molecular complexity index is 377. The van der Waals surface area contributed by atoms with Gasteiger partial charge in [0.05, 0.1) is 6.10 Å². The number of benzene rings is 1. The molecular formula is C16H24ClNO. The summed E-state index contributed by atoms with van der Waals surface area (Å²) in [6.07, 6.45) is 4.50. The molecule has 2 rings (SSSR count). The molecule has 106 valence electrons. The van der Waals surface area contributed by atoms with Crippen molar-refractivity contribution in [1.82, 2.24) is 4.90 Å². The van der Waals surface area contributed by atoms with E-state index < -0.39 is 0 Å². The summed E-state index contributed by atoms with van der Waals surface area (Å²) in [5.41, 5.74) is 1.33. The third-order valence-electron chi connectivity index (χ3n) is 3.92. The summed E-state index contributed by atoms with van der Waals surface area (Å²) in [5, 5.41) is 10.2. The molecule has 0 saturated carbocycles. The molecule has 0 bridgehead atoms. The van der Waals surface area contributed by atoms with Gasteiger partial charge in [0, 0.05) is 18.1 Å². The molecule has 0 aliphatic carbocycles. The first-order valence-electron chi connectivity index (χ1n) is 7.28. The van der Waals surface area contributed by atoms with Crippen LogP contribution in [-0.4, -0.2) is 29.2 Å². The quantitative estimate of drug-likeness (QED) is 0.889. The number of rotatable bonds is 5. The minimum absolute atomic E-state index is 0.161. The van der Waals surface area contributed by atoms with E-state index in [-0.39, 0.29) is 6.10 Å². The maximum atomic E-state index is 9.38.